The molecule has 0 aliphatic carbocycles. The summed E-state index contributed by atoms with van der Waals surface area (Å²) in [5, 5.41) is 20.6. The molecule has 1 aliphatic rings. The zero-order valence-corrected chi connectivity index (χ0v) is 25.0. The number of Topliss-reactive ketones (excluding diaryl/α,β-unsaturated/α-hetero) is 1. The van der Waals surface area contributed by atoms with Crippen LogP contribution < -0.4 is 14.4 Å². The zero-order valence-electron chi connectivity index (χ0n) is 24.1. The molecule has 8 nitrogen and oxygen atoms in total. The van der Waals surface area contributed by atoms with Gasteiger partial charge in [0.1, 0.15) is 35.5 Å². The number of hydrogen-bond acceptors (Lipinski definition) is 8. The molecule has 9 heteroatoms. The van der Waals surface area contributed by atoms with Crippen molar-refractivity contribution >= 4 is 33.9 Å². The molecule has 220 valence electrons. The third-order valence-corrected chi connectivity index (χ3v) is 8.23. The molecule has 1 amide bonds. The minimum Gasteiger partial charge on any atom is -0.507 e. The van der Waals surface area contributed by atoms with Gasteiger partial charge in [-0.25, -0.2) is 0 Å². The van der Waals surface area contributed by atoms with Crippen molar-refractivity contribution in [3.8, 4) is 11.5 Å². The molecule has 0 bridgehead atoms. The molecule has 4 aromatic carbocycles. The number of benzene rings is 4. The van der Waals surface area contributed by atoms with E-state index in [1.165, 1.54) is 16.2 Å². The van der Waals surface area contributed by atoms with Crippen LogP contribution in [0.4, 0.5) is 5.13 Å². The molecule has 0 spiro atoms. The second-order valence-electron chi connectivity index (χ2n) is 10.4. The van der Waals surface area contributed by atoms with Gasteiger partial charge in [-0.05, 0) is 72.5 Å². The number of hydrogen-bond donors (Lipinski definition) is 1. The summed E-state index contributed by atoms with van der Waals surface area (Å²) in [6, 6.07) is 30.8. The number of aromatic nitrogens is 2. The lowest BCUT2D eigenvalue weighted by Gasteiger charge is -2.22. The molecule has 1 fully saturated rings. The molecule has 1 saturated heterocycles. The Bertz CT molecular complexity index is 1830. The summed E-state index contributed by atoms with van der Waals surface area (Å²) in [5.41, 5.74) is 4.20. The van der Waals surface area contributed by atoms with Crippen molar-refractivity contribution in [1.82, 2.24) is 10.2 Å². The van der Waals surface area contributed by atoms with Crippen LogP contribution in [0.15, 0.2) is 109 Å². The van der Waals surface area contributed by atoms with Crippen molar-refractivity contribution in [2.45, 2.75) is 33.1 Å². The van der Waals surface area contributed by atoms with Crippen LogP contribution in [0.3, 0.4) is 0 Å². The fraction of sp³-hybridized carbons (Fsp3) is 0.143. The second kappa shape index (κ2) is 12.5. The summed E-state index contributed by atoms with van der Waals surface area (Å²) in [4.78, 5) is 28.2. The molecule has 1 unspecified atom stereocenters. The van der Waals surface area contributed by atoms with Crippen LogP contribution in [0.2, 0.25) is 0 Å². The first kappa shape index (κ1) is 28.8. The average Bonchev–Trinajstić information content (AvgIpc) is 3.59. The van der Waals surface area contributed by atoms with Crippen molar-refractivity contribution < 1.29 is 24.2 Å². The highest BCUT2D eigenvalue weighted by atomic mass is 32.1. The summed E-state index contributed by atoms with van der Waals surface area (Å²) in [7, 11) is 0. The standard InChI is InChI=1S/C35H29N3O5S/c1-22-8-6-7-11-27(22)21-43-29-18-14-26(15-19-29)32(39)30-31(38(34(41)33(30)40)35-37-36-23(2)44-35)25-12-16-28(17-13-25)42-20-24-9-4-3-5-10-24/h3-19,31,39H,20-21H2,1-2H3/b32-30+. The first-order valence-corrected chi connectivity index (χ1v) is 14.9. The van der Waals surface area contributed by atoms with Crippen LogP contribution in [-0.2, 0) is 22.8 Å². The maximum Gasteiger partial charge on any atom is 0.301 e. The Morgan fingerprint density at radius 2 is 1.43 bits per heavy atom. The molecule has 1 N–H and O–H groups in total. The quantitative estimate of drug-likeness (QED) is 0.111. The number of ketones is 1. The molecular weight excluding hydrogens is 574 g/mol. The Balaban J connectivity index is 1.30. The van der Waals surface area contributed by atoms with E-state index < -0.39 is 17.7 Å². The number of carbonyl (C=O) groups is 2. The number of rotatable bonds is 9. The Morgan fingerprint density at radius 1 is 0.795 bits per heavy atom. The fourth-order valence-corrected chi connectivity index (χ4v) is 5.73. The van der Waals surface area contributed by atoms with Gasteiger partial charge in [0.15, 0.2) is 0 Å². The van der Waals surface area contributed by atoms with Gasteiger partial charge in [-0.15, -0.1) is 10.2 Å². The van der Waals surface area contributed by atoms with Crippen molar-refractivity contribution in [2.24, 2.45) is 0 Å². The Labute approximate surface area is 258 Å². The maximum absolute atomic E-state index is 13.5. The van der Waals surface area contributed by atoms with Crippen molar-refractivity contribution in [1.29, 1.82) is 0 Å². The van der Waals surface area contributed by atoms with E-state index in [1.54, 1.807) is 55.5 Å². The molecule has 1 aromatic heterocycles. The lowest BCUT2D eigenvalue weighted by atomic mass is 9.95. The van der Waals surface area contributed by atoms with Gasteiger partial charge in [0.05, 0.1) is 11.6 Å². The van der Waals surface area contributed by atoms with E-state index in [2.05, 4.69) is 10.2 Å². The van der Waals surface area contributed by atoms with Crippen LogP contribution in [-0.4, -0.2) is 27.0 Å². The van der Waals surface area contributed by atoms with E-state index in [-0.39, 0.29) is 16.5 Å². The number of nitrogens with zero attached hydrogens (tertiary/aromatic N) is 3. The summed E-state index contributed by atoms with van der Waals surface area (Å²) in [6.07, 6.45) is 0. The molecule has 5 aromatic rings. The monoisotopic (exact) mass is 603 g/mol. The minimum absolute atomic E-state index is 0.0330. The summed E-state index contributed by atoms with van der Waals surface area (Å²) in [5.74, 6) is -0.633. The molecule has 1 atom stereocenters. The molecule has 0 radical (unpaired) electrons. The molecule has 2 heterocycles. The largest absolute Gasteiger partial charge is 0.507 e. The zero-order chi connectivity index (χ0) is 30.6. The number of aliphatic hydroxyl groups is 1. The lowest BCUT2D eigenvalue weighted by molar-refractivity contribution is -0.132. The third kappa shape index (κ3) is 5.95. The van der Waals surface area contributed by atoms with E-state index in [4.69, 9.17) is 9.47 Å². The molecule has 44 heavy (non-hydrogen) atoms. The topological polar surface area (TPSA) is 102 Å². The highest BCUT2D eigenvalue weighted by molar-refractivity contribution is 7.15. The summed E-state index contributed by atoms with van der Waals surface area (Å²) < 4.78 is 11.9. The number of amides is 1. The van der Waals surface area contributed by atoms with Gasteiger partial charge in [-0.1, -0.05) is 78.1 Å². The van der Waals surface area contributed by atoms with Crippen LogP contribution in [0.5, 0.6) is 11.5 Å². The first-order valence-electron chi connectivity index (χ1n) is 14.0. The van der Waals surface area contributed by atoms with Crippen LogP contribution >= 0.6 is 11.3 Å². The molecule has 1 aliphatic heterocycles. The maximum atomic E-state index is 13.5. The Hall–Kier alpha value is -5.28. The van der Waals surface area contributed by atoms with Gasteiger partial charge in [-0.3, -0.25) is 14.5 Å². The normalized spacial score (nSPS) is 15.9. The van der Waals surface area contributed by atoms with Crippen molar-refractivity contribution in [2.75, 3.05) is 4.90 Å². The number of ether oxygens (including phenoxy) is 2. The lowest BCUT2D eigenvalue weighted by Crippen LogP contribution is -2.29. The van der Waals surface area contributed by atoms with Gasteiger partial charge in [0, 0.05) is 5.56 Å². The van der Waals surface area contributed by atoms with E-state index >= 15 is 0 Å². The van der Waals surface area contributed by atoms with Gasteiger partial charge in [0.25, 0.3) is 5.78 Å². The van der Waals surface area contributed by atoms with Crippen molar-refractivity contribution in [3.63, 3.8) is 0 Å². The first-order chi connectivity index (χ1) is 21.4. The highest BCUT2D eigenvalue weighted by Crippen LogP contribution is 2.43. The number of aryl methyl sites for hydroxylation is 2. The highest BCUT2D eigenvalue weighted by Gasteiger charge is 2.48. The minimum atomic E-state index is -0.914. The second-order valence-corrected chi connectivity index (χ2v) is 11.5. The van der Waals surface area contributed by atoms with E-state index in [1.807, 2.05) is 61.5 Å². The third-order valence-electron chi connectivity index (χ3n) is 7.39. The van der Waals surface area contributed by atoms with Crippen LogP contribution in [0.25, 0.3) is 5.76 Å². The summed E-state index contributed by atoms with van der Waals surface area (Å²) >= 11 is 1.20. The van der Waals surface area contributed by atoms with Gasteiger partial charge in [0.2, 0.25) is 5.13 Å². The average molecular weight is 604 g/mol. The van der Waals surface area contributed by atoms with E-state index in [0.29, 0.717) is 40.8 Å². The summed E-state index contributed by atoms with van der Waals surface area (Å²) in [6.45, 7) is 4.59. The van der Waals surface area contributed by atoms with Gasteiger partial charge >= 0.3 is 5.91 Å². The number of anilines is 1. The van der Waals surface area contributed by atoms with Crippen molar-refractivity contribution in [3.05, 3.63) is 142 Å². The van der Waals surface area contributed by atoms with E-state index in [9.17, 15) is 14.7 Å². The van der Waals surface area contributed by atoms with Gasteiger partial charge in [-0.2, -0.15) is 0 Å². The fourth-order valence-electron chi connectivity index (χ4n) is 5.01. The molecule has 6 rings (SSSR count). The smallest absolute Gasteiger partial charge is 0.301 e. The van der Waals surface area contributed by atoms with Crippen LogP contribution in [0, 0.1) is 13.8 Å². The predicted octanol–water partition coefficient (Wildman–Crippen LogP) is 6.94. The Kier molecular flexibility index (Phi) is 8.21. The van der Waals surface area contributed by atoms with E-state index in [0.717, 1.165) is 16.7 Å². The number of carbonyl (C=O) groups excluding carboxylic acids is 2. The number of aliphatic hydroxyl groups excluding tert-OH is 1. The van der Waals surface area contributed by atoms with Gasteiger partial charge < -0.3 is 14.6 Å². The molecule has 0 saturated carbocycles. The molecular formula is C35H29N3O5S. The predicted molar refractivity (Wildman–Crippen MR) is 169 cm³/mol. The Morgan fingerprint density at radius 3 is 2.09 bits per heavy atom. The van der Waals surface area contributed by atoms with Crippen LogP contribution in [0.1, 0.15) is 38.9 Å². The SMILES string of the molecule is Cc1nnc(N2C(=O)C(=O)/C(=C(/O)c3ccc(OCc4ccccc4C)cc3)C2c2ccc(OCc3ccccc3)cc2)s1.